The van der Waals surface area contributed by atoms with Crippen molar-refractivity contribution in [2.45, 2.75) is 186 Å². The molecule has 1 aliphatic heterocycles. The van der Waals surface area contributed by atoms with Gasteiger partial charge in [0.15, 0.2) is 0 Å². The number of quaternary nitrogens is 6. The molecule has 148 heavy (non-hydrogen) atoms. The number of aliphatic hydroxyl groups excluding tert-OH is 3. The SMILES string of the molecule is COC(=O)C(C)(C)CC(C)(CC(CCC(C)(Br)C(=O)OCC[N+](C)(C)CC(=O)[O-])C(=O)NCCO)C(=O)OCC[N+](C)(C)CC(=O)[O-].COC(=O)C(C)(C)CC(C)(CC(CCC(C)(Br)C(=O)OCC[N+](C)(C)CC(=O)[O-])C(=O)NCCO)C(=O)OCC[N+](C)(C)CC(=O)[O-].COC(=O)C(C)(C)CC(C)(CC(CCC(C)(Br)C(=O)OCC[N+](C)(C)CC(=O)[O-])C(=O)NCCO)C(=O)OCC[N+](C)(C)CC(=O)[O-].O=C1CCC(=O)O1. The zero-order chi connectivity index (χ0) is 116. The van der Waals surface area contributed by atoms with Crippen molar-refractivity contribution >= 4 is 167 Å². The highest BCUT2D eigenvalue weighted by atomic mass is 79.9. The minimum absolute atomic E-state index is 0.0145. The van der Waals surface area contributed by atoms with Crippen LogP contribution in [0.5, 0.6) is 0 Å². The van der Waals surface area contributed by atoms with Crippen LogP contribution in [0.3, 0.4) is 0 Å². The first kappa shape index (κ1) is 143. The van der Waals surface area contributed by atoms with Crippen LogP contribution in [0.1, 0.15) is 173 Å². The second-order valence-electron chi connectivity index (χ2n) is 44.6. The van der Waals surface area contributed by atoms with Gasteiger partial charge in [-0.3, -0.25) is 67.1 Å². The van der Waals surface area contributed by atoms with E-state index in [1.165, 1.54) is 21.3 Å². The number of nitrogens with zero attached hydrogens (tertiary/aromatic N) is 6. The van der Waals surface area contributed by atoms with Gasteiger partial charge in [0, 0.05) is 37.4 Å². The third kappa shape index (κ3) is 58.9. The summed E-state index contributed by atoms with van der Waals surface area (Å²) in [6.45, 7) is 16.7. The van der Waals surface area contributed by atoms with Gasteiger partial charge in [-0.05, 0) is 160 Å². The van der Waals surface area contributed by atoms with Crippen LogP contribution in [0.4, 0.5) is 0 Å². The van der Waals surface area contributed by atoms with Gasteiger partial charge in [0.25, 0.3) is 0 Å². The number of hydrogen-bond donors (Lipinski definition) is 6. The topological polar surface area (TPSA) is 669 Å². The van der Waals surface area contributed by atoms with Crippen LogP contribution in [-0.4, -0.2) is 438 Å². The summed E-state index contributed by atoms with van der Waals surface area (Å²) in [6, 6.07) is 0. The highest BCUT2D eigenvalue weighted by Gasteiger charge is 2.52. The molecule has 1 fully saturated rings. The maximum absolute atomic E-state index is 13.7. The van der Waals surface area contributed by atoms with E-state index in [-0.39, 0.29) is 274 Å². The lowest BCUT2D eigenvalue weighted by molar-refractivity contribution is -0.884. The smallest absolute Gasteiger partial charge is 0.322 e. The molecule has 3 amide bonds. The summed E-state index contributed by atoms with van der Waals surface area (Å²) in [5.74, 6) is -18.2. The molecule has 0 aromatic carbocycles. The van der Waals surface area contributed by atoms with Gasteiger partial charge in [0.1, 0.15) is 131 Å². The van der Waals surface area contributed by atoms with Crippen LogP contribution in [0, 0.1) is 50.2 Å². The van der Waals surface area contributed by atoms with E-state index in [1.54, 1.807) is 168 Å². The number of likely N-dealkylation sites (N-methyl/N-ethyl adjacent to an activating group) is 6. The van der Waals surface area contributed by atoms with E-state index in [0.717, 1.165) is 0 Å². The number of rotatable bonds is 69. The maximum Gasteiger partial charge on any atom is 0.322 e. The molecule has 0 aliphatic carbocycles. The average Bonchev–Trinajstić information content (AvgIpc) is 0.854. The standard InChI is InChI=1S/3C31H54BrN3O12.C4H4O3/c3*1-29(2,26(42)45-9)21-30(3,27(43)46-16-13-34(5,6)19-23(37)38)18-22(25(41)33-12-15-36)10-11-31(4,32)28(44)47-17-14-35(7,8)20-24(39)40;5-3-1-2-4(6)7-3/h3*22,36H,10-21H2,1-9H3,(H-2,33,37,38,39,40,41);1-2H2. The van der Waals surface area contributed by atoms with Gasteiger partial charge in [-0.2, -0.15) is 0 Å². The van der Waals surface area contributed by atoms with E-state index in [2.05, 4.69) is 68.5 Å². The van der Waals surface area contributed by atoms with Gasteiger partial charge >= 0.3 is 65.7 Å². The van der Waals surface area contributed by atoms with Crippen molar-refractivity contribution in [1.82, 2.24) is 16.0 Å². The Kier molecular flexibility index (Phi) is 61.6. The summed E-state index contributed by atoms with van der Waals surface area (Å²) in [5.41, 5.74) is -7.77. The number of alkyl halides is 3. The molecule has 0 spiro atoms. The lowest BCUT2D eigenvalue weighted by Gasteiger charge is -2.37. The van der Waals surface area contributed by atoms with Crippen molar-refractivity contribution in [1.29, 1.82) is 0 Å². The average molecular weight is 2320 g/mol. The molecular formula is C97H166Br3N9O39. The molecule has 0 saturated carbocycles. The second-order valence-corrected chi connectivity index (χ2v) is 49.8. The van der Waals surface area contributed by atoms with Crippen molar-refractivity contribution in [2.75, 3.05) is 264 Å². The first-order valence-corrected chi connectivity index (χ1v) is 50.5. The number of carbonyl (C=O) groups excluding carboxylic acids is 20. The molecule has 9 unspecified atom stereocenters. The van der Waals surface area contributed by atoms with E-state index >= 15 is 0 Å². The Morgan fingerprint density at radius 3 is 0.622 bits per heavy atom. The van der Waals surface area contributed by atoms with E-state index in [0.29, 0.717) is 0 Å². The van der Waals surface area contributed by atoms with Crippen LogP contribution in [0.2, 0.25) is 0 Å². The van der Waals surface area contributed by atoms with Gasteiger partial charge in [-0.1, -0.05) is 47.8 Å². The van der Waals surface area contributed by atoms with Gasteiger partial charge in [-0.15, -0.1) is 0 Å². The molecule has 854 valence electrons. The molecule has 0 aromatic rings. The molecule has 1 saturated heterocycles. The fraction of sp³-hybridized carbons (Fsp3) is 0.794. The number of esters is 11. The summed E-state index contributed by atoms with van der Waals surface area (Å²) < 4.78 is 48.3. The van der Waals surface area contributed by atoms with Crippen LogP contribution in [-0.2, 0) is 143 Å². The highest BCUT2D eigenvalue weighted by molar-refractivity contribution is 9.10. The molecule has 51 heteroatoms. The number of methoxy groups -OCH3 is 3. The van der Waals surface area contributed by atoms with E-state index in [1.807, 2.05) is 0 Å². The predicted octanol–water partition coefficient (Wildman–Crippen LogP) is -5.04. The fourth-order valence-electron chi connectivity index (χ4n) is 16.2. The fourth-order valence-corrected chi connectivity index (χ4v) is 17.2. The van der Waals surface area contributed by atoms with Gasteiger partial charge < -0.3 is 165 Å². The summed E-state index contributed by atoms with van der Waals surface area (Å²) >= 11 is 10.2. The third-order valence-corrected chi connectivity index (χ3v) is 26.6. The molecule has 48 nitrogen and oxygen atoms in total. The lowest BCUT2D eigenvalue weighted by atomic mass is 9.68. The number of aliphatic carboxylic acids is 6. The summed E-state index contributed by atoms with van der Waals surface area (Å²) in [7, 11) is 23.4. The number of carboxylic acid groups (broad SMARTS) is 6. The van der Waals surface area contributed by atoms with E-state index in [4.69, 9.17) is 42.6 Å². The molecule has 6 N–H and O–H groups in total. The Balaban J connectivity index is -0.00000205. The van der Waals surface area contributed by atoms with Crippen molar-refractivity contribution in [2.24, 2.45) is 50.2 Å². The maximum atomic E-state index is 13.7. The number of nitrogens with one attached hydrogen (secondary N) is 3. The Morgan fingerprint density at radius 2 is 0.480 bits per heavy atom. The number of amides is 3. The predicted molar refractivity (Wildman–Crippen MR) is 527 cm³/mol. The van der Waals surface area contributed by atoms with Gasteiger partial charge in [0.2, 0.25) is 17.7 Å². The van der Waals surface area contributed by atoms with E-state index < -0.39 is 182 Å². The molecule has 1 aliphatic rings. The number of halogens is 3. The van der Waals surface area contributed by atoms with Crippen molar-refractivity contribution < 1.29 is 216 Å². The van der Waals surface area contributed by atoms with Gasteiger partial charge in [-0.25, -0.2) is 0 Å². The van der Waals surface area contributed by atoms with Crippen LogP contribution < -0.4 is 46.6 Å². The van der Waals surface area contributed by atoms with Crippen molar-refractivity contribution in [3.05, 3.63) is 0 Å². The molecule has 1 rings (SSSR count). The number of aliphatic hydroxyl groups is 3. The van der Waals surface area contributed by atoms with E-state index in [9.17, 15) is 142 Å². The summed E-state index contributed by atoms with van der Waals surface area (Å²) in [5, 5.41) is 102. The Bertz CT molecular complexity index is 4000. The number of hydrogen-bond acceptors (Lipinski definition) is 39. The Morgan fingerprint density at radius 1 is 0.311 bits per heavy atom. The summed E-state index contributed by atoms with van der Waals surface area (Å²) in [6.07, 6.45) is 0.502. The minimum atomic E-state index is -1.42. The monoisotopic (exact) mass is 2320 g/mol. The number of cyclic esters (lactones) is 2. The quantitative estimate of drug-likeness (QED) is 0.0109. The first-order valence-electron chi connectivity index (χ1n) is 48.1. The largest absolute Gasteiger partial charge is 0.544 e. The summed E-state index contributed by atoms with van der Waals surface area (Å²) in [4.78, 5) is 244. The normalized spacial score (nSPS) is 15.6. The van der Waals surface area contributed by atoms with Crippen LogP contribution in [0.25, 0.3) is 0 Å². The zero-order valence-corrected chi connectivity index (χ0v) is 96.2. The Labute approximate surface area is 893 Å². The molecule has 0 aromatic heterocycles. The molecule has 9 atom stereocenters. The molecule has 1 heterocycles. The molecule has 0 radical (unpaired) electrons. The highest BCUT2D eigenvalue weighted by Crippen LogP contribution is 2.47. The number of carbonyl (C=O) groups is 20. The Hall–Kier alpha value is -9.32. The van der Waals surface area contributed by atoms with Crippen LogP contribution in [0.15, 0.2) is 0 Å². The van der Waals surface area contributed by atoms with Crippen LogP contribution >= 0.6 is 47.8 Å². The number of ether oxygens (including phenoxy) is 10. The third-order valence-electron chi connectivity index (χ3n) is 24.5. The molecule has 0 bridgehead atoms. The zero-order valence-electron chi connectivity index (χ0n) is 91.5. The van der Waals surface area contributed by atoms with Gasteiger partial charge in [0.05, 0.1) is 207 Å². The first-order chi connectivity index (χ1) is 67.3. The lowest BCUT2D eigenvalue weighted by Crippen LogP contribution is -2.50. The van der Waals surface area contributed by atoms with Crippen molar-refractivity contribution in [3.63, 3.8) is 0 Å². The number of carboxylic acids is 6. The molecular weight excluding hydrogens is 2150 g/mol. The minimum Gasteiger partial charge on any atom is -0.544 e. The second kappa shape index (κ2) is 63.9. The van der Waals surface area contributed by atoms with Crippen molar-refractivity contribution in [3.8, 4) is 0 Å².